The van der Waals surface area contributed by atoms with Gasteiger partial charge in [-0.2, -0.15) is 0 Å². The first-order valence-electron chi connectivity index (χ1n) is 5.27. The van der Waals surface area contributed by atoms with Crippen LogP contribution in [0.4, 0.5) is 0 Å². The summed E-state index contributed by atoms with van der Waals surface area (Å²) in [5.74, 6) is 1.51. The van der Waals surface area contributed by atoms with Crippen LogP contribution in [-0.4, -0.2) is 13.2 Å². The van der Waals surface area contributed by atoms with Crippen molar-refractivity contribution >= 4 is 0 Å². The van der Waals surface area contributed by atoms with E-state index in [1.54, 1.807) is 0 Å². The lowest BCUT2D eigenvalue weighted by Gasteiger charge is -2.19. The summed E-state index contributed by atoms with van der Waals surface area (Å²) in [6, 6.07) is 6.45. The second-order valence-electron chi connectivity index (χ2n) is 3.96. The fraction of sp³-hybridized carbons (Fsp3) is 0.500. The third-order valence-corrected chi connectivity index (χ3v) is 2.86. The summed E-state index contributed by atoms with van der Waals surface area (Å²) < 4.78 is 5.56. The Morgan fingerprint density at radius 3 is 3.14 bits per heavy atom. The van der Waals surface area contributed by atoms with Gasteiger partial charge >= 0.3 is 0 Å². The fourth-order valence-corrected chi connectivity index (χ4v) is 1.82. The minimum absolute atomic E-state index is 0.447. The highest BCUT2D eigenvalue weighted by molar-refractivity contribution is 5.39. The predicted octanol–water partition coefficient (Wildman–Crippen LogP) is 2.07. The average Bonchev–Trinajstić information content (AvgIpc) is 2.27. The van der Waals surface area contributed by atoms with Gasteiger partial charge in [0, 0.05) is 0 Å². The average molecular weight is 191 g/mol. The molecule has 0 spiro atoms. The van der Waals surface area contributed by atoms with Crippen LogP contribution >= 0.6 is 0 Å². The molecule has 0 bridgehead atoms. The lowest BCUT2D eigenvalue weighted by Crippen LogP contribution is -2.12. The summed E-state index contributed by atoms with van der Waals surface area (Å²) in [7, 11) is 0. The number of hydrogen-bond donors (Lipinski definition) is 1. The molecule has 1 aliphatic heterocycles. The van der Waals surface area contributed by atoms with Gasteiger partial charge < -0.3 is 10.5 Å². The number of benzene rings is 1. The molecule has 2 nitrogen and oxygen atoms in total. The molecular formula is C12H17NO. The van der Waals surface area contributed by atoms with E-state index < -0.39 is 0 Å². The van der Waals surface area contributed by atoms with E-state index in [1.165, 1.54) is 11.1 Å². The first-order valence-corrected chi connectivity index (χ1v) is 5.27. The van der Waals surface area contributed by atoms with Crippen molar-refractivity contribution in [2.24, 2.45) is 5.73 Å². The molecule has 0 fully saturated rings. The number of ether oxygens (including phenoxy) is 1. The Morgan fingerprint density at radius 2 is 2.36 bits per heavy atom. The van der Waals surface area contributed by atoms with Gasteiger partial charge in [-0.05, 0) is 42.5 Å². The molecule has 1 aromatic rings. The van der Waals surface area contributed by atoms with E-state index in [0.29, 0.717) is 12.5 Å². The molecule has 0 amide bonds. The standard InChI is InChI=1S/C12H17NO/c1-9(8-13)10-4-5-12-11(7-10)3-2-6-14-12/h4-5,7,9H,2-3,6,8,13H2,1H3/t9-/m0/s1. The largest absolute Gasteiger partial charge is 0.493 e. The van der Waals surface area contributed by atoms with Crippen molar-refractivity contribution in [3.63, 3.8) is 0 Å². The highest BCUT2D eigenvalue weighted by Crippen LogP contribution is 2.27. The molecule has 0 aliphatic carbocycles. The van der Waals surface area contributed by atoms with E-state index in [0.717, 1.165) is 25.2 Å². The Balaban J connectivity index is 2.29. The van der Waals surface area contributed by atoms with Crippen molar-refractivity contribution in [3.8, 4) is 5.75 Å². The third kappa shape index (κ3) is 1.75. The lowest BCUT2D eigenvalue weighted by atomic mass is 9.96. The Kier molecular flexibility index (Phi) is 2.73. The molecule has 2 heteroatoms. The molecule has 1 aromatic carbocycles. The Morgan fingerprint density at radius 1 is 1.50 bits per heavy atom. The van der Waals surface area contributed by atoms with Crippen LogP contribution in [-0.2, 0) is 6.42 Å². The maximum absolute atomic E-state index is 5.65. The minimum atomic E-state index is 0.447. The van der Waals surface area contributed by atoms with Crippen LogP contribution < -0.4 is 10.5 Å². The van der Waals surface area contributed by atoms with Crippen LogP contribution in [0.1, 0.15) is 30.4 Å². The Bertz CT molecular complexity index is 322. The monoisotopic (exact) mass is 191 g/mol. The summed E-state index contributed by atoms with van der Waals surface area (Å²) in [6.45, 7) is 3.73. The molecule has 2 rings (SSSR count). The molecule has 0 saturated heterocycles. The third-order valence-electron chi connectivity index (χ3n) is 2.86. The number of hydrogen-bond acceptors (Lipinski definition) is 2. The van der Waals surface area contributed by atoms with Gasteiger partial charge in [-0.1, -0.05) is 19.1 Å². The van der Waals surface area contributed by atoms with Crippen molar-refractivity contribution in [1.29, 1.82) is 0 Å². The maximum atomic E-state index is 5.65. The summed E-state index contributed by atoms with van der Waals surface area (Å²) in [6.07, 6.45) is 2.27. The van der Waals surface area contributed by atoms with Gasteiger partial charge in [0.05, 0.1) is 6.61 Å². The van der Waals surface area contributed by atoms with E-state index in [4.69, 9.17) is 10.5 Å². The lowest BCUT2D eigenvalue weighted by molar-refractivity contribution is 0.288. The molecule has 1 aliphatic rings. The quantitative estimate of drug-likeness (QED) is 0.776. The van der Waals surface area contributed by atoms with Gasteiger partial charge in [0.15, 0.2) is 0 Å². The normalized spacial score (nSPS) is 17.0. The van der Waals surface area contributed by atoms with E-state index in [9.17, 15) is 0 Å². The van der Waals surface area contributed by atoms with Crippen LogP contribution in [0.5, 0.6) is 5.75 Å². The molecule has 2 N–H and O–H groups in total. The van der Waals surface area contributed by atoms with Crippen LogP contribution in [0.25, 0.3) is 0 Å². The van der Waals surface area contributed by atoms with Crippen LogP contribution in [0.3, 0.4) is 0 Å². The fourth-order valence-electron chi connectivity index (χ4n) is 1.82. The Labute approximate surface area is 85.1 Å². The first kappa shape index (κ1) is 9.53. The summed E-state index contributed by atoms with van der Waals surface area (Å²) in [4.78, 5) is 0. The van der Waals surface area contributed by atoms with Gasteiger partial charge in [-0.3, -0.25) is 0 Å². The van der Waals surface area contributed by atoms with E-state index >= 15 is 0 Å². The zero-order valence-corrected chi connectivity index (χ0v) is 8.62. The van der Waals surface area contributed by atoms with Crippen LogP contribution in [0.2, 0.25) is 0 Å². The van der Waals surface area contributed by atoms with Gasteiger partial charge in [-0.15, -0.1) is 0 Å². The summed E-state index contributed by atoms with van der Waals surface area (Å²) in [5, 5.41) is 0. The zero-order valence-electron chi connectivity index (χ0n) is 8.62. The zero-order chi connectivity index (χ0) is 9.97. The SMILES string of the molecule is C[C@@H](CN)c1ccc2c(c1)CCCO2. The highest BCUT2D eigenvalue weighted by Gasteiger charge is 2.12. The minimum Gasteiger partial charge on any atom is -0.493 e. The van der Waals surface area contributed by atoms with Crippen LogP contribution in [0, 0.1) is 0 Å². The van der Waals surface area contributed by atoms with Gasteiger partial charge in [0.25, 0.3) is 0 Å². The van der Waals surface area contributed by atoms with E-state index in [-0.39, 0.29) is 0 Å². The van der Waals surface area contributed by atoms with Crippen molar-refractivity contribution in [2.45, 2.75) is 25.7 Å². The molecule has 0 radical (unpaired) electrons. The number of aryl methyl sites for hydroxylation is 1. The molecule has 0 saturated carbocycles. The summed E-state index contributed by atoms with van der Waals surface area (Å²) in [5.41, 5.74) is 8.32. The topological polar surface area (TPSA) is 35.2 Å². The molecular weight excluding hydrogens is 174 g/mol. The van der Waals surface area contributed by atoms with Gasteiger partial charge in [0.2, 0.25) is 0 Å². The molecule has 1 atom stereocenters. The van der Waals surface area contributed by atoms with Gasteiger partial charge in [-0.25, -0.2) is 0 Å². The van der Waals surface area contributed by atoms with Crippen LogP contribution in [0.15, 0.2) is 18.2 Å². The number of rotatable bonds is 2. The van der Waals surface area contributed by atoms with Crippen molar-refractivity contribution < 1.29 is 4.74 Å². The smallest absolute Gasteiger partial charge is 0.122 e. The summed E-state index contributed by atoms with van der Waals surface area (Å²) >= 11 is 0. The Hall–Kier alpha value is -1.02. The second kappa shape index (κ2) is 4.01. The van der Waals surface area contributed by atoms with Gasteiger partial charge in [0.1, 0.15) is 5.75 Å². The number of fused-ring (bicyclic) bond motifs is 1. The van der Waals surface area contributed by atoms with Crippen molar-refractivity contribution in [3.05, 3.63) is 29.3 Å². The highest BCUT2D eigenvalue weighted by atomic mass is 16.5. The van der Waals surface area contributed by atoms with E-state index in [2.05, 4.69) is 25.1 Å². The predicted molar refractivity (Wildman–Crippen MR) is 57.7 cm³/mol. The number of nitrogens with two attached hydrogens (primary N) is 1. The molecule has 1 heterocycles. The first-order chi connectivity index (χ1) is 6.81. The molecule has 0 aromatic heterocycles. The molecule has 76 valence electrons. The molecule has 14 heavy (non-hydrogen) atoms. The van der Waals surface area contributed by atoms with E-state index in [1.807, 2.05) is 0 Å². The van der Waals surface area contributed by atoms with Crippen molar-refractivity contribution in [1.82, 2.24) is 0 Å². The van der Waals surface area contributed by atoms with Crippen molar-refractivity contribution in [2.75, 3.05) is 13.2 Å². The maximum Gasteiger partial charge on any atom is 0.122 e. The second-order valence-corrected chi connectivity index (χ2v) is 3.96. The molecule has 0 unspecified atom stereocenters.